The lowest BCUT2D eigenvalue weighted by atomic mass is 9.91. The number of nitrogens with two attached hydrogens (primary N) is 1. The van der Waals surface area contributed by atoms with Crippen molar-refractivity contribution in [1.29, 1.82) is 0 Å². The van der Waals surface area contributed by atoms with Gasteiger partial charge in [0.05, 0.1) is 16.7 Å². The molecule has 6 nitrogen and oxygen atoms in total. The molecule has 0 radical (unpaired) electrons. The lowest BCUT2D eigenvalue weighted by Gasteiger charge is -2.28. The monoisotopic (exact) mass is 339 g/mol. The standard InChI is InChI=1S/C13H14BrN3O3/c1-13(2,12(20)16-15)6-17-9-4-3-7(14)5-8(9)10(18)11(17)19/h3-5H,6,15H2,1-2H3,(H,16,20). The molecule has 0 atom stereocenters. The molecule has 7 heteroatoms. The van der Waals surface area contributed by atoms with Gasteiger partial charge in [0.1, 0.15) is 0 Å². The van der Waals surface area contributed by atoms with Gasteiger partial charge in [0.15, 0.2) is 0 Å². The van der Waals surface area contributed by atoms with Crippen molar-refractivity contribution in [3.05, 3.63) is 28.2 Å². The molecule has 1 aromatic carbocycles. The quantitative estimate of drug-likeness (QED) is 0.372. The molecule has 1 heterocycles. The molecule has 0 saturated carbocycles. The number of hydrogen-bond acceptors (Lipinski definition) is 4. The number of hydrogen-bond donors (Lipinski definition) is 2. The van der Waals surface area contributed by atoms with Crippen molar-refractivity contribution >= 4 is 39.2 Å². The summed E-state index contributed by atoms with van der Waals surface area (Å²) in [5.41, 5.74) is 2.02. The van der Waals surface area contributed by atoms with Crippen molar-refractivity contribution in [2.75, 3.05) is 11.4 Å². The number of benzene rings is 1. The number of carbonyl (C=O) groups is 3. The summed E-state index contributed by atoms with van der Waals surface area (Å²) in [6, 6.07) is 5.03. The van der Waals surface area contributed by atoms with Crippen LogP contribution in [0.2, 0.25) is 0 Å². The van der Waals surface area contributed by atoms with Crippen LogP contribution in [-0.4, -0.2) is 24.1 Å². The molecule has 1 aliphatic heterocycles. The van der Waals surface area contributed by atoms with E-state index in [4.69, 9.17) is 5.84 Å². The van der Waals surface area contributed by atoms with Crippen LogP contribution in [0.15, 0.2) is 22.7 Å². The van der Waals surface area contributed by atoms with Crippen molar-refractivity contribution in [3.63, 3.8) is 0 Å². The highest BCUT2D eigenvalue weighted by molar-refractivity contribution is 9.10. The number of ketones is 1. The lowest BCUT2D eigenvalue weighted by Crippen LogP contribution is -2.48. The average Bonchev–Trinajstić information content (AvgIpc) is 2.62. The topological polar surface area (TPSA) is 92.5 Å². The van der Waals surface area contributed by atoms with E-state index >= 15 is 0 Å². The number of nitrogens with zero attached hydrogens (tertiary/aromatic N) is 1. The van der Waals surface area contributed by atoms with Gasteiger partial charge in [-0.15, -0.1) is 0 Å². The normalized spacial score (nSPS) is 14.5. The fourth-order valence-corrected chi connectivity index (χ4v) is 2.45. The molecule has 1 aliphatic rings. The van der Waals surface area contributed by atoms with Gasteiger partial charge in [0.25, 0.3) is 11.7 Å². The molecule has 0 saturated heterocycles. The molecule has 0 unspecified atom stereocenters. The number of amides is 2. The summed E-state index contributed by atoms with van der Waals surface area (Å²) in [6.45, 7) is 3.39. The number of nitrogens with one attached hydrogen (secondary N) is 1. The zero-order valence-electron chi connectivity index (χ0n) is 11.1. The van der Waals surface area contributed by atoms with Crippen molar-refractivity contribution in [3.8, 4) is 0 Å². The molecule has 0 aliphatic carbocycles. The molecule has 2 rings (SSSR count). The molecular formula is C13H14BrN3O3. The van der Waals surface area contributed by atoms with Gasteiger partial charge in [-0.3, -0.25) is 19.8 Å². The summed E-state index contributed by atoms with van der Waals surface area (Å²) in [5, 5.41) is 0. The summed E-state index contributed by atoms with van der Waals surface area (Å²) in [7, 11) is 0. The second-order valence-corrected chi connectivity index (χ2v) is 6.15. The third kappa shape index (κ3) is 2.34. The fraction of sp³-hybridized carbons (Fsp3) is 0.308. The second-order valence-electron chi connectivity index (χ2n) is 5.24. The predicted octanol–water partition coefficient (Wildman–Crippen LogP) is 0.994. The van der Waals surface area contributed by atoms with E-state index in [1.807, 2.05) is 0 Å². The van der Waals surface area contributed by atoms with Crippen LogP contribution < -0.4 is 16.2 Å². The Bertz CT molecular complexity index is 613. The van der Waals surface area contributed by atoms with Crippen LogP contribution in [0.4, 0.5) is 5.69 Å². The Morgan fingerprint density at radius 2 is 2.05 bits per heavy atom. The first kappa shape index (κ1) is 14.7. The van der Waals surface area contributed by atoms with Gasteiger partial charge in [-0.1, -0.05) is 15.9 Å². The second kappa shape index (κ2) is 4.99. The van der Waals surface area contributed by atoms with E-state index in [2.05, 4.69) is 21.4 Å². The minimum Gasteiger partial charge on any atom is -0.304 e. The maximum atomic E-state index is 12.1. The number of Topliss-reactive ketones (excluding diaryl/α,β-unsaturated/α-hetero) is 1. The first-order chi connectivity index (χ1) is 9.27. The van der Waals surface area contributed by atoms with E-state index in [1.54, 1.807) is 32.0 Å². The molecule has 3 N–H and O–H groups in total. The molecule has 0 bridgehead atoms. The number of rotatable bonds is 3. The summed E-state index contributed by atoms with van der Waals surface area (Å²) in [6.07, 6.45) is 0. The Hall–Kier alpha value is -1.73. The van der Waals surface area contributed by atoms with E-state index in [-0.39, 0.29) is 6.54 Å². The molecule has 2 amide bonds. The molecule has 0 aromatic heterocycles. The Kier molecular flexibility index (Phi) is 3.66. The Labute approximate surface area is 124 Å². The van der Waals surface area contributed by atoms with E-state index in [9.17, 15) is 14.4 Å². The zero-order valence-corrected chi connectivity index (χ0v) is 12.7. The van der Waals surface area contributed by atoms with Gasteiger partial charge < -0.3 is 4.90 Å². The van der Waals surface area contributed by atoms with Crippen molar-refractivity contribution in [2.45, 2.75) is 13.8 Å². The first-order valence-electron chi connectivity index (χ1n) is 5.95. The zero-order chi connectivity index (χ0) is 15.1. The van der Waals surface area contributed by atoms with Crippen LogP contribution in [-0.2, 0) is 9.59 Å². The van der Waals surface area contributed by atoms with Crippen molar-refractivity contribution < 1.29 is 14.4 Å². The average molecular weight is 340 g/mol. The Balaban J connectivity index is 2.38. The third-order valence-corrected chi connectivity index (χ3v) is 3.73. The highest BCUT2D eigenvalue weighted by Gasteiger charge is 2.40. The van der Waals surface area contributed by atoms with Gasteiger partial charge in [0.2, 0.25) is 5.91 Å². The van der Waals surface area contributed by atoms with Crippen molar-refractivity contribution in [1.82, 2.24) is 5.43 Å². The molecule has 106 valence electrons. The van der Waals surface area contributed by atoms with Crippen LogP contribution >= 0.6 is 15.9 Å². The number of halogens is 1. The molecular weight excluding hydrogens is 326 g/mol. The number of carbonyl (C=O) groups excluding carboxylic acids is 3. The van der Waals surface area contributed by atoms with Crippen LogP contribution in [0.3, 0.4) is 0 Å². The van der Waals surface area contributed by atoms with Gasteiger partial charge in [-0.25, -0.2) is 5.84 Å². The maximum absolute atomic E-state index is 12.1. The van der Waals surface area contributed by atoms with Crippen LogP contribution in [0.25, 0.3) is 0 Å². The number of fused-ring (bicyclic) bond motifs is 1. The Morgan fingerprint density at radius 1 is 1.40 bits per heavy atom. The van der Waals surface area contributed by atoms with Gasteiger partial charge in [0, 0.05) is 11.0 Å². The summed E-state index contributed by atoms with van der Waals surface area (Å²) < 4.78 is 0.721. The summed E-state index contributed by atoms with van der Waals surface area (Å²) >= 11 is 3.27. The first-order valence-corrected chi connectivity index (χ1v) is 6.74. The highest BCUT2D eigenvalue weighted by Crippen LogP contribution is 2.33. The smallest absolute Gasteiger partial charge is 0.299 e. The van der Waals surface area contributed by atoms with Crippen LogP contribution in [0.1, 0.15) is 24.2 Å². The third-order valence-electron chi connectivity index (χ3n) is 3.23. The fourth-order valence-electron chi connectivity index (χ4n) is 2.09. The SMILES string of the molecule is CC(C)(CN1C(=O)C(=O)c2cc(Br)ccc21)C(=O)NN. The van der Waals surface area contributed by atoms with Crippen LogP contribution in [0, 0.1) is 5.41 Å². The maximum Gasteiger partial charge on any atom is 0.299 e. The molecule has 1 aromatic rings. The van der Waals surface area contributed by atoms with E-state index < -0.39 is 23.0 Å². The summed E-state index contributed by atoms with van der Waals surface area (Å²) in [4.78, 5) is 37.0. The van der Waals surface area contributed by atoms with Crippen LogP contribution in [0.5, 0.6) is 0 Å². The summed E-state index contributed by atoms with van der Waals surface area (Å²) in [5.74, 6) is 3.54. The largest absolute Gasteiger partial charge is 0.304 e. The Morgan fingerprint density at radius 3 is 2.65 bits per heavy atom. The van der Waals surface area contributed by atoms with E-state index in [0.29, 0.717) is 11.3 Å². The molecule has 0 fully saturated rings. The molecule has 20 heavy (non-hydrogen) atoms. The van der Waals surface area contributed by atoms with Gasteiger partial charge in [-0.05, 0) is 32.0 Å². The predicted molar refractivity (Wildman–Crippen MR) is 76.9 cm³/mol. The number of hydrazine groups is 1. The lowest BCUT2D eigenvalue weighted by molar-refractivity contribution is -0.129. The molecule has 0 spiro atoms. The van der Waals surface area contributed by atoms with Crippen molar-refractivity contribution in [2.24, 2.45) is 11.3 Å². The minimum atomic E-state index is -0.903. The van der Waals surface area contributed by atoms with E-state index in [0.717, 1.165) is 4.47 Å². The highest BCUT2D eigenvalue weighted by atomic mass is 79.9. The minimum absolute atomic E-state index is 0.0786. The van der Waals surface area contributed by atoms with Gasteiger partial charge in [-0.2, -0.15) is 0 Å². The van der Waals surface area contributed by atoms with Gasteiger partial charge >= 0.3 is 0 Å². The van der Waals surface area contributed by atoms with E-state index in [1.165, 1.54) is 4.90 Å². The number of anilines is 1.